The molecule has 0 heterocycles. The van der Waals surface area contributed by atoms with Crippen molar-refractivity contribution >= 4 is 5.78 Å². The first kappa shape index (κ1) is 27.2. The molecule has 9 atom stereocenters. The maximum absolute atomic E-state index is 14.1. The Kier molecular flexibility index (Phi) is 7.08. The molecule has 4 aliphatic carbocycles. The molecule has 2 N–H and O–H groups in total. The highest BCUT2D eigenvalue weighted by Crippen LogP contribution is 2.67. The van der Waals surface area contributed by atoms with E-state index >= 15 is 0 Å². The molecule has 7 unspecified atom stereocenters. The van der Waals surface area contributed by atoms with Gasteiger partial charge in [-0.05, 0) is 109 Å². The largest absolute Gasteiger partial charge is 0.393 e. The van der Waals surface area contributed by atoms with Crippen molar-refractivity contribution in [3.63, 3.8) is 0 Å². The van der Waals surface area contributed by atoms with E-state index in [1.165, 1.54) is 19.3 Å². The van der Waals surface area contributed by atoms with Gasteiger partial charge in [-0.2, -0.15) is 0 Å². The lowest BCUT2D eigenvalue weighted by molar-refractivity contribution is -0.162. The van der Waals surface area contributed by atoms with Crippen LogP contribution in [0.2, 0.25) is 0 Å². The lowest BCUT2D eigenvalue weighted by atomic mass is 9.44. The third kappa shape index (κ3) is 4.43. The van der Waals surface area contributed by atoms with Crippen molar-refractivity contribution in [1.82, 2.24) is 0 Å². The second-order valence-electron chi connectivity index (χ2n) is 14.4. The van der Waals surface area contributed by atoms with Crippen LogP contribution in [0.15, 0.2) is 60.7 Å². The van der Waals surface area contributed by atoms with E-state index < -0.39 is 5.60 Å². The van der Waals surface area contributed by atoms with Crippen LogP contribution in [0, 0.1) is 46.3 Å². The molecule has 2 aromatic rings. The summed E-state index contributed by atoms with van der Waals surface area (Å²) in [7, 11) is 0. The minimum atomic E-state index is -1.01. The normalized spacial score (nSPS) is 38.9. The molecular weight excluding hydrogens is 480 g/mol. The van der Waals surface area contributed by atoms with E-state index in [0.29, 0.717) is 41.8 Å². The zero-order chi connectivity index (χ0) is 27.4. The monoisotopic (exact) mass is 528 g/mol. The summed E-state index contributed by atoms with van der Waals surface area (Å²) in [4.78, 5) is 14.1. The number of rotatable bonds is 6. The number of hydrogen-bond donors (Lipinski definition) is 2. The molecule has 0 saturated heterocycles. The number of aliphatic hydroxyl groups excluding tert-OH is 1. The predicted octanol–water partition coefficient (Wildman–Crippen LogP) is 7.54. The summed E-state index contributed by atoms with van der Waals surface area (Å²) in [5.74, 6) is 3.31. The van der Waals surface area contributed by atoms with Crippen LogP contribution < -0.4 is 0 Å². The molecule has 0 bridgehead atoms. The van der Waals surface area contributed by atoms with Crippen molar-refractivity contribution in [3.8, 4) is 0 Å². The zero-order valence-corrected chi connectivity index (χ0v) is 24.2. The number of carbonyl (C=O) groups is 1. The van der Waals surface area contributed by atoms with E-state index in [9.17, 15) is 15.0 Å². The van der Waals surface area contributed by atoms with E-state index in [1.54, 1.807) is 0 Å². The third-order valence-electron chi connectivity index (χ3n) is 12.5. The minimum Gasteiger partial charge on any atom is -0.393 e. The van der Waals surface area contributed by atoms with Crippen LogP contribution in [0.5, 0.6) is 0 Å². The number of carbonyl (C=O) groups excluding carboxylic acids is 1. The average molecular weight is 529 g/mol. The fourth-order valence-corrected chi connectivity index (χ4v) is 10.5. The number of fused-ring (bicyclic) bond motifs is 5. The molecule has 0 aromatic heterocycles. The van der Waals surface area contributed by atoms with Gasteiger partial charge in [0.15, 0.2) is 0 Å². The van der Waals surface area contributed by atoms with Gasteiger partial charge in [-0.3, -0.25) is 4.79 Å². The number of aliphatic hydroxyl groups is 2. The van der Waals surface area contributed by atoms with Gasteiger partial charge in [-0.15, -0.1) is 0 Å². The average Bonchev–Trinajstić information content (AvgIpc) is 3.29. The summed E-state index contributed by atoms with van der Waals surface area (Å²) in [5, 5.41) is 22.5. The molecule has 4 fully saturated rings. The lowest BCUT2D eigenvalue weighted by Gasteiger charge is -2.60. The second-order valence-corrected chi connectivity index (χ2v) is 14.4. The summed E-state index contributed by atoms with van der Waals surface area (Å²) < 4.78 is 0. The van der Waals surface area contributed by atoms with Crippen LogP contribution in [0.25, 0.3) is 0 Å². The van der Waals surface area contributed by atoms with Crippen LogP contribution >= 0.6 is 0 Å². The summed E-state index contributed by atoms with van der Waals surface area (Å²) in [6.45, 7) is 7.22. The van der Waals surface area contributed by atoms with Gasteiger partial charge in [-0.25, -0.2) is 0 Å². The summed E-state index contributed by atoms with van der Waals surface area (Å²) in [5.41, 5.74) is 1.04. The molecule has 0 aliphatic heterocycles. The molecule has 4 aliphatic rings. The van der Waals surface area contributed by atoms with Crippen LogP contribution in [-0.4, -0.2) is 22.1 Å². The van der Waals surface area contributed by atoms with Gasteiger partial charge in [0.1, 0.15) is 11.4 Å². The van der Waals surface area contributed by atoms with Crippen molar-refractivity contribution < 1.29 is 15.0 Å². The fourth-order valence-electron chi connectivity index (χ4n) is 10.5. The number of hydrogen-bond acceptors (Lipinski definition) is 3. The summed E-state index contributed by atoms with van der Waals surface area (Å²) >= 11 is 0. The van der Waals surface area contributed by atoms with Crippen molar-refractivity contribution in [3.05, 3.63) is 71.8 Å². The molecule has 3 nitrogen and oxygen atoms in total. The van der Waals surface area contributed by atoms with Crippen molar-refractivity contribution in [2.24, 2.45) is 46.3 Å². The Balaban J connectivity index is 1.22. The third-order valence-corrected chi connectivity index (χ3v) is 12.5. The van der Waals surface area contributed by atoms with Gasteiger partial charge in [0.25, 0.3) is 0 Å². The topological polar surface area (TPSA) is 57.5 Å². The van der Waals surface area contributed by atoms with E-state index in [-0.39, 0.29) is 22.9 Å². The molecule has 6 rings (SSSR count). The molecule has 0 amide bonds. The molecule has 3 heteroatoms. The fraction of sp³-hybridized carbons (Fsp3) is 0.639. The van der Waals surface area contributed by atoms with E-state index in [0.717, 1.165) is 49.7 Å². The van der Waals surface area contributed by atoms with Gasteiger partial charge in [0.05, 0.1) is 6.10 Å². The van der Waals surface area contributed by atoms with Crippen LogP contribution in [0.4, 0.5) is 0 Å². The highest BCUT2D eigenvalue weighted by Gasteiger charge is 2.63. The Hall–Kier alpha value is -1.97. The molecule has 2 aromatic carbocycles. The van der Waals surface area contributed by atoms with Gasteiger partial charge in [0.2, 0.25) is 0 Å². The number of Topliss-reactive ketones (excluding diaryl/α,β-unsaturated/α-hetero) is 1. The van der Waals surface area contributed by atoms with Gasteiger partial charge < -0.3 is 10.2 Å². The van der Waals surface area contributed by atoms with Crippen molar-refractivity contribution in [1.29, 1.82) is 0 Å². The lowest BCUT2D eigenvalue weighted by Crippen LogP contribution is -2.58. The Morgan fingerprint density at radius 2 is 1.54 bits per heavy atom. The molecular formula is C36H48O3. The van der Waals surface area contributed by atoms with E-state index in [4.69, 9.17) is 0 Å². The minimum absolute atomic E-state index is 0.0622. The van der Waals surface area contributed by atoms with E-state index in [2.05, 4.69) is 20.8 Å². The molecule has 210 valence electrons. The second kappa shape index (κ2) is 10.1. The van der Waals surface area contributed by atoms with E-state index in [1.807, 2.05) is 60.7 Å². The molecule has 0 radical (unpaired) electrons. The summed E-state index contributed by atoms with van der Waals surface area (Å²) in [6.07, 6.45) is 9.70. The number of ketones is 1. The summed E-state index contributed by atoms with van der Waals surface area (Å²) in [6, 6.07) is 20.3. The van der Waals surface area contributed by atoms with Crippen LogP contribution in [-0.2, 0) is 10.4 Å². The first-order valence-electron chi connectivity index (χ1n) is 15.7. The molecule has 39 heavy (non-hydrogen) atoms. The van der Waals surface area contributed by atoms with Gasteiger partial charge in [-0.1, -0.05) is 81.4 Å². The standard InChI is InChI=1S/C36H48O3/c1-24(18-21-36(39,25-10-6-4-7-11-25)26-12-8-5-9-13-26)30-16-17-31-29-15-14-27-22-28(37)19-20-34(27,2)33(29)32(38)23-35(30,31)3/h4-13,24,27-31,33,37,39H,14-23H2,1-3H3/t24-,27?,28-,29?,30?,31?,33?,34?,35?/m1/s1. The maximum atomic E-state index is 14.1. The number of benzene rings is 2. The first-order valence-corrected chi connectivity index (χ1v) is 15.7. The Morgan fingerprint density at radius 1 is 0.897 bits per heavy atom. The Bertz CT molecular complexity index is 1120. The quantitative estimate of drug-likeness (QED) is 0.407. The smallest absolute Gasteiger partial charge is 0.137 e. The zero-order valence-electron chi connectivity index (χ0n) is 24.2. The van der Waals surface area contributed by atoms with Gasteiger partial charge >= 0.3 is 0 Å². The molecule has 4 saturated carbocycles. The Morgan fingerprint density at radius 3 is 2.18 bits per heavy atom. The Labute approximate surface area is 235 Å². The molecule has 0 spiro atoms. The van der Waals surface area contributed by atoms with Gasteiger partial charge in [0, 0.05) is 12.3 Å². The van der Waals surface area contributed by atoms with Crippen LogP contribution in [0.1, 0.15) is 96.1 Å². The van der Waals surface area contributed by atoms with Crippen molar-refractivity contribution in [2.45, 2.75) is 96.7 Å². The first-order chi connectivity index (χ1) is 18.7. The SMILES string of the molecule is C[C@H](CCC(O)(c1ccccc1)c1ccccc1)C1CCC2C3CCC4C[C@H](O)CCC4(C)C3C(=O)CC21C. The maximum Gasteiger partial charge on any atom is 0.137 e. The highest BCUT2D eigenvalue weighted by atomic mass is 16.3. The highest BCUT2D eigenvalue weighted by molar-refractivity contribution is 5.84. The van der Waals surface area contributed by atoms with Crippen molar-refractivity contribution in [2.75, 3.05) is 0 Å². The van der Waals surface area contributed by atoms with Crippen LogP contribution in [0.3, 0.4) is 0 Å². The predicted molar refractivity (Wildman–Crippen MR) is 156 cm³/mol.